The highest BCUT2D eigenvalue weighted by atomic mass is 16.7. The van der Waals surface area contributed by atoms with E-state index >= 15 is 0 Å². The molecule has 2 unspecified atom stereocenters. The molecular weight excluding hydrogens is 845 g/mol. The van der Waals surface area contributed by atoms with Crippen molar-refractivity contribution in [2.75, 3.05) is 19.8 Å². The summed E-state index contributed by atoms with van der Waals surface area (Å²) >= 11 is 0. The van der Waals surface area contributed by atoms with E-state index in [9.17, 15) is 30.0 Å². The maximum Gasteiger partial charge on any atom is 0.306 e. The molecule has 0 aromatic heterocycles. The average Bonchev–Trinajstić information content (AvgIpc) is 3.33. The normalized spacial score (nSPS) is 19.8. The molecule has 0 radical (unpaired) electrons. The number of esters is 2. The third-order valence-corrected chi connectivity index (χ3v) is 11.8. The molecule has 0 aliphatic carbocycles. The number of carbonyl (C=O) groups excluding carboxylic acids is 2. The second-order valence-corrected chi connectivity index (χ2v) is 17.9. The highest BCUT2D eigenvalue weighted by Gasteiger charge is 2.44. The van der Waals surface area contributed by atoms with Crippen LogP contribution in [0.4, 0.5) is 0 Å². The third-order valence-electron chi connectivity index (χ3n) is 11.8. The summed E-state index contributed by atoms with van der Waals surface area (Å²) in [5, 5.41) is 40.2. The van der Waals surface area contributed by atoms with Gasteiger partial charge in [0.2, 0.25) is 0 Å². The second kappa shape index (κ2) is 46.6. The van der Waals surface area contributed by atoms with E-state index in [1.807, 2.05) is 12.2 Å². The van der Waals surface area contributed by atoms with Crippen molar-refractivity contribution < 1.29 is 49.0 Å². The van der Waals surface area contributed by atoms with E-state index in [1.165, 1.54) is 116 Å². The van der Waals surface area contributed by atoms with Crippen molar-refractivity contribution >= 4 is 11.9 Å². The molecule has 0 aromatic rings. The highest BCUT2D eigenvalue weighted by Crippen LogP contribution is 2.23. The zero-order valence-corrected chi connectivity index (χ0v) is 42.1. The number of rotatable bonds is 44. The smallest absolute Gasteiger partial charge is 0.306 e. The Labute approximate surface area is 407 Å². The van der Waals surface area contributed by atoms with Crippen LogP contribution >= 0.6 is 0 Å². The van der Waals surface area contributed by atoms with Gasteiger partial charge in [-0.3, -0.25) is 9.59 Å². The molecule has 1 aliphatic rings. The number of hydrogen-bond donors (Lipinski definition) is 4. The second-order valence-electron chi connectivity index (χ2n) is 17.9. The SMILES string of the molecule is CC/C=C/C/C=C/C/C=C/C/C=C/C/C=C/C/C=C/CCC(=O)OC[C@H](CO[C@@H]1O[C@H](CO)[C@H](O)C(O)C1O)OC(=O)CCC/C=C/CCCCCCCCCCCCCCCCCCCC. The predicted molar refractivity (Wildman–Crippen MR) is 274 cm³/mol. The molecule has 0 spiro atoms. The first kappa shape index (κ1) is 61.9. The molecule has 384 valence electrons. The Morgan fingerprint density at radius 2 is 0.910 bits per heavy atom. The minimum absolute atomic E-state index is 0.141. The summed E-state index contributed by atoms with van der Waals surface area (Å²) in [6.07, 6.45) is 54.8. The van der Waals surface area contributed by atoms with Crippen molar-refractivity contribution in [1.29, 1.82) is 0 Å². The Kier molecular flexibility index (Phi) is 43.1. The molecule has 4 N–H and O–H groups in total. The zero-order valence-electron chi connectivity index (χ0n) is 42.1. The number of unbranched alkanes of at least 4 members (excludes halogenated alkanes) is 19. The van der Waals surface area contributed by atoms with E-state index in [0.717, 1.165) is 51.4 Å². The van der Waals surface area contributed by atoms with E-state index < -0.39 is 55.4 Å². The lowest BCUT2D eigenvalue weighted by Crippen LogP contribution is -2.59. The van der Waals surface area contributed by atoms with E-state index in [-0.39, 0.29) is 26.1 Å². The van der Waals surface area contributed by atoms with E-state index in [1.54, 1.807) is 0 Å². The summed E-state index contributed by atoms with van der Waals surface area (Å²) in [6, 6.07) is 0. The number of ether oxygens (including phenoxy) is 4. The van der Waals surface area contributed by atoms with Gasteiger partial charge in [-0.2, -0.15) is 0 Å². The molecule has 0 amide bonds. The van der Waals surface area contributed by atoms with Gasteiger partial charge in [-0.1, -0.05) is 208 Å². The average molecular weight is 941 g/mol. The van der Waals surface area contributed by atoms with Crippen LogP contribution in [0.3, 0.4) is 0 Å². The lowest BCUT2D eigenvalue weighted by Gasteiger charge is -2.39. The molecule has 1 fully saturated rings. The zero-order chi connectivity index (χ0) is 48.7. The number of allylic oxidation sites excluding steroid dienone is 14. The molecular formula is C57H96O10. The van der Waals surface area contributed by atoms with Crippen molar-refractivity contribution in [1.82, 2.24) is 0 Å². The number of aliphatic hydroxyl groups is 4. The van der Waals surface area contributed by atoms with E-state index in [4.69, 9.17) is 18.9 Å². The topological polar surface area (TPSA) is 152 Å². The maximum absolute atomic E-state index is 12.8. The van der Waals surface area contributed by atoms with Gasteiger partial charge < -0.3 is 39.4 Å². The molecule has 0 aromatic carbocycles. The Morgan fingerprint density at radius 3 is 1.39 bits per heavy atom. The van der Waals surface area contributed by atoms with Crippen LogP contribution in [-0.2, 0) is 28.5 Å². The molecule has 0 saturated carbocycles. The third kappa shape index (κ3) is 37.5. The van der Waals surface area contributed by atoms with Crippen LogP contribution in [0.25, 0.3) is 0 Å². The first-order valence-corrected chi connectivity index (χ1v) is 26.7. The largest absolute Gasteiger partial charge is 0.462 e. The lowest BCUT2D eigenvalue weighted by molar-refractivity contribution is -0.305. The van der Waals surface area contributed by atoms with Gasteiger partial charge in [0.15, 0.2) is 12.4 Å². The van der Waals surface area contributed by atoms with Crippen LogP contribution in [0.2, 0.25) is 0 Å². The molecule has 1 heterocycles. The van der Waals surface area contributed by atoms with E-state index in [0.29, 0.717) is 12.8 Å². The molecule has 6 atom stereocenters. The summed E-state index contributed by atoms with van der Waals surface area (Å²) in [7, 11) is 0. The fourth-order valence-electron chi connectivity index (χ4n) is 7.63. The van der Waals surface area contributed by atoms with Gasteiger partial charge in [-0.15, -0.1) is 0 Å². The van der Waals surface area contributed by atoms with Gasteiger partial charge >= 0.3 is 11.9 Å². The van der Waals surface area contributed by atoms with Crippen LogP contribution in [0.5, 0.6) is 0 Å². The molecule has 67 heavy (non-hydrogen) atoms. The van der Waals surface area contributed by atoms with Crippen molar-refractivity contribution in [3.8, 4) is 0 Å². The van der Waals surface area contributed by atoms with Crippen LogP contribution in [0.15, 0.2) is 85.1 Å². The Hall–Kier alpha value is -3.12. The van der Waals surface area contributed by atoms with Gasteiger partial charge in [0.25, 0.3) is 0 Å². The van der Waals surface area contributed by atoms with Crippen LogP contribution in [0.1, 0.15) is 206 Å². The van der Waals surface area contributed by atoms with Crippen molar-refractivity contribution in [3.63, 3.8) is 0 Å². The molecule has 10 nitrogen and oxygen atoms in total. The lowest BCUT2D eigenvalue weighted by atomic mass is 9.99. The first-order chi connectivity index (χ1) is 32.8. The molecule has 0 bridgehead atoms. The van der Waals surface area contributed by atoms with Crippen molar-refractivity contribution in [2.24, 2.45) is 0 Å². The van der Waals surface area contributed by atoms with Gasteiger partial charge in [-0.05, 0) is 70.6 Å². The first-order valence-electron chi connectivity index (χ1n) is 26.7. The Balaban J connectivity index is 2.31. The fraction of sp³-hybridized carbons (Fsp3) is 0.719. The van der Waals surface area contributed by atoms with Gasteiger partial charge in [-0.25, -0.2) is 0 Å². The minimum Gasteiger partial charge on any atom is -0.462 e. The van der Waals surface area contributed by atoms with Crippen LogP contribution in [-0.4, -0.2) is 89.0 Å². The van der Waals surface area contributed by atoms with Crippen molar-refractivity contribution in [2.45, 2.75) is 243 Å². The maximum atomic E-state index is 12.8. The van der Waals surface area contributed by atoms with Crippen LogP contribution < -0.4 is 0 Å². The van der Waals surface area contributed by atoms with Crippen molar-refractivity contribution in [3.05, 3.63) is 85.1 Å². The summed E-state index contributed by atoms with van der Waals surface area (Å²) in [5.41, 5.74) is 0. The molecule has 10 heteroatoms. The Morgan fingerprint density at radius 1 is 0.478 bits per heavy atom. The standard InChI is InChI=1S/C57H96O10/c1-3-5-7-9-11-13-15-17-19-21-23-24-25-26-28-30-32-34-36-38-40-42-44-46-53(60)66-50(49-65-57-56(63)55(62)54(61)51(47-58)67-57)48-64-52(59)45-43-41-39-37-35-33-31-29-27-22-20-18-16-14-12-10-8-6-4-2/h6,8,12,14,18,20,27,29,33,35,38-41,50-51,54-58,61-63H,3-5,7,9-11,13,15-17,19,21-26,28,30-32,34,36-37,42-49H2,1-2H3/b8-6+,14-12+,20-18+,29-27+,35-33+,40-38+,41-39+/t50-,51-,54+,55?,56?,57-/m1/s1. The van der Waals surface area contributed by atoms with E-state index in [2.05, 4.69) is 86.8 Å². The minimum atomic E-state index is -1.62. The quantitative estimate of drug-likeness (QED) is 0.0264. The highest BCUT2D eigenvalue weighted by molar-refractivity contribution is 5.70. The molecule has 1 saturated heterocycles. The predicted octanol–water partition coefficient (Wildman–Crippen LogP) is 12.9. The van der Waals surface area contributed by atoms with Gasteiger partial charge in [0, 0.05) is 12.8 Å². The summed E-state index contributed by atoms with van der Waals surface area (Å²) in [4.78, 5) is 25.4. The Bertz CT molecular complexity index is 1360. The fourth-order valence-corrected chi connectivity index (χ4v) is 7.63. The summed E-state index contributed by atoms with van der Waals surface area (Å²) in [5.74, 6) is -0.943. The molecule has 1 aliphatic heterocycles. The molecule has 1 rings (SSSR count). The number of aliphatic hydroxyl groups excluding tert-OH is 4. The van der Waals surface area contributed by atoms with Crippen LogP contribution in [0, 0.1) is 0 Å². The van der Waals surface area contributed by atoms with Gasteiger partial charge in [0.05, 0.1) is 13.2 Å². The summed E-state index contributed by atoms with van der Waals surface area (Å²) < 4.78 is 22.1. The monoisotopic (exact) mass is 941 g/mol. The van der Waals surface area contributed by atoms with Gasteiger partial charge in [0.1, 0.15) is 31.0 Å². The number of carbonyl (C=O) groups is 2. The summed E-state index contributed by atoms with van der Waals surface area (Å²) in [6.45, 7) is 3.23. The number of hydrogen-bond acceptors (Lipinski definition) is 10.